The SMILES string of the molecule is CC1CNCC(C(=O)O)CN1C1CCCCCC1. The van der Waals surface area contributed by atoms with E-state index in [0.717, 1.165) is 6.54 Å². The Balaban J connectivity index is 2.03. The third-order valence-electron chi connectivity index (χ3n) is 4.47. The number of carboxylic acid groups (broad SMARTS) is 1. The molecule has 1 heterocycles. The Morgan fingerprint density at radius 2 is 1.83 bits per heavy atom. The second-order valence-corrected chi connectivity index (χ2v) is 5.88. The summed E-state index contributed by atoms with van der Waals surface area (Å²) < 4.78 is 0. The van der Waals surface area contributed by atoms with Gasteiger partial charge in [0.1, 0.15) is 0 Å². The molecule has 0 spiro atoms. The van der Waals surface area contributed by atoms with E-state index in [1.807, 2.05) is 0 Å². The first-order valence-corrected chi connectivity index (χ1v) is 7.37. The quantitative estimate of drug-likeness (QED) is 0.737. The highest BCUT2D eigenvalue weighted by atomic mass is 16.4. The number of hydrogen-bond acceptors (Lipinski definition) is 3. The fourth-order valence-corrected chi connectivity index (χ4v) is 3.35. The summed E-state index contributed by atoms with van der Waals surface area (Å²) in [7, 11) is 0. The Kier molecular flexibility index (Phi) is 5.01. The summed E-state index contributed by atoms with van der Waals surface area (Å²) in [6.45, 7) is 4.47. The summed E-state index contributed by atoms with van der Waals surface area (Å²) >= 11 is 0. The molecule has 2 fully saturated rings. The van der Waals surface area contributed by atoms with Crippen LogP contribution in [0.2, 0.25) is 0 Å². The van der Waals surface area contributed by atoms with Crippen molar-refractivity contribution in [1.82, 2.24) is 10.2 Å². The molecule has 1 aliphatic heterocycles. The molecule has 0 aromatic heterocycles. The van der Waals surface area contributed by atoms with Gasteiger partial charge in [-0.05, 0) is 19.8 Å². The lowest BCUT2D eigenvalue weighted by Gasteiger charge is -2.35. The van der Waals surface area contributed by atoms with Crippen LogP contribution in [0.1, 0.15) is 45.4 Å². The van der Waals surface area contributed by atoms with Crippen LogP contribution in [0.3, 0.4) is 0 Å². The Labute approximate surface area is 110 Å². The molecule has 0 bridgehead atoms. The Hall–Kier alpha value is -0.610. The van der Waals surface area contributed by atoms with Crippen molar-refractivity contribution in [2.45, 2.75) is 57.5 Å². The van der Waals surface area contributed by atoms with Crippen molar-refractivity contribution in [3.63, 3.8) is 0 Å². The molecule has 4 nitrogen and oxygen atoms in total. The van der Waals surface area contributed by atoms with E-state index < -0.39 is 5.97 Å². The van der Waals surface area contributed by atoms with Crippen molar-refractivity contribution in [3.8, 4) is 0 Å². The summed E-state index contributed by atoms with van der Waals surface area (Å²) in [5.74, 6) is -0.909. The minimum absolute atomic E-state index is 0.252. The summed E-state index contributed by atoms with van der Waals surface area (Å²) in [5, 5.41) is 12.5. The molecule has 18 heavy (non-hydrogen) atoms. The molecule has 2 aliphatic rings. The van der Waals surface area contributed by atoms with Crippen LogP contribution in [0.15, 0.2) is 0 Å². The second-order valence-electron chi connectivity index (χ2n) is 5.88. The molecular weight excluding hydrogens is 228 g/mol. The Bertz CT molecular complexity index is 275. The highest BCUT2D eigenvalue weighted by Gasteiger charge is 2.31. The summed E-state index contributed by atoms with van der Waals surface area (Å²) in [6.07, 6.45) is 7.80. The first-order valence-electron chi connectivity index (χ1n) is 7.37. The molecule has 1 aliphatic carbocycles. The Morgan fingerprint density at radius 3 is 2.44 bits per heavy atom. The zero-order chi connectivity index (χ0) is 13.0. The smallest absolute Gasteiger partial charge is 0.309 e. The number of carboxylic acids is 1. The first kappa shape index (κ1) is 13.8. The molecular formula is C14H26N2O2. The van der Waals surface area contributed by atoms with E-state index in [9.17, 15) is 9.90 Å². The molecule has 0 aromatic carbocycles. The molecule has 0 amide bonds. The average Bonchev–Trinajstić information content (AvgIpc) is 2.69. The number of hydrogen-bond donors (Lipinski definition) is 2. The van der Waals surface area contributed by atoms with Gasteiger partial charge in [0, 0.05) is 31.7 Å². The molecule has 2 rings (SSSR count). The molecule has 2 atom stereocenters. The van der Waals surface area contributed by atoms with Crippen molar-refractivity contribution >= 4 is 5.97 Å². The molecule has 2 N–H and O–H groups in total. The third-order valence-corrected chi connectivity index (χ3v) is 4.47. The van der Waals surface area contributed by atoms with Gasteiger partial charge in [0.2, 0.25) is 0 Å². The molecule has 1 saturated carbocycles. The van der Waals surface area contributed by atoms with Crippen molar-refractivity contribution in [2.24, 2.45) is 5.92 Å². The average molecular weight is 254 g/mol. The van der Waals surface area contributed by atoms with E-state index in [2.05, 4.69) is 17.1 Å². The van der Waals surface area contributed by atoms with E-state index >= 15 is 0 Å². The normalized spacial score (nSPS) is 32.7. The Morgan fingerprint density at radius 1 is 1.17 bits per heavy atom. The molecule has 0 radical (unpaired) electrons. The van der Waals surface area contributed by atoms with Gasteiger partial charge in [0.05, 0.1) is 5.92 Å². The highest BCUT2D eigenvalue weighted by Crippen LogP contribution is 2.25. The first-order chi connectivity index (χ1) is 8.68. The maximum Gasteiger partial charge on any atom is 0.309 e. The number of aliphatic carboxylic acids is 1. The van der Waals surface area contributed by atoms with Gasteiger partial charge in [-0.15, -0.1) is 0 Å². The van der Waals surface area contributed by atoms with Gasteiger partial charge in [-0.1, -0.05) is 25.7 Å². The number of rotatable bonds is 2. The number of nitrogens with one attached hydrogen (secondary N) is 1. The monoisotopic (exact) mass is 254 g/mol. The maximum absolute atomic E-state index is 11.2. The molecule has 2 unspecified atom stereocenters. The number of carbonyl (C=O) groups is 1. The van der Waals surface area contributed by atoms with E-state index in [1.165, 1.54) is 38.5 Å². The van der Waals surface area contributed by atoms with Gasteiger partial charge in [0.15, 0.2) is 0 Å². The van der Waals surface area contributed by atoms with Crippen LogP contribution in [0.4, 0.5) is 0 Å². The highest BCUT2D eigenvalue weighted by molar-refractivity contribution is 5.70. The minimum atomic E-state index is -0.657. The van der Waals surface area contributed by atoms with E-state index in [-0.39, 0.29) is 5.92 Å². The second kappa shape index (κ2) is 6.53. The van der Waals surface area contributed by atoms with Crippen LogP contribution in [-0.4, -0.2) is 47.7 Å². The lowest BCUT2D eigenvalue weighted by molar-refractivity contribution is -0.142. The fourth-order valence-electron chi connectivity index (χ4n) is 3.35. The van der Waals surface area contributed by atoms with E-state index in [0.29, 0.717) is 25.2 Å². The number of nitrogens with zero attached hydrogens (tertiary/aromatic N) is 1. The van der Waals surface area contributed by atoms with Crippen molar-refractivity contribution in [3.05, 3.63) is 0 Å². The van der Waals surface area contributed by atoms with Crippen LogP contribution in [-0.2, 0) is 4.79 Å². The van der Waals surface area contributed by atoms with Crippen molar-refractivity contribution in [1.29, 1.82) is 0 Å². The van der Waals surface area contributed by atoms with E-state index in [4.69, 9.17) is 0 Å². The molecule has 1 saturated heterocycles. The minimum Gasteiger partial charge on any atom is -0.481 e. The molecule has 0 aromatic rings. The topological polar surface area (TPSA) is 52.6 Å². The van der Waals surface area contributed by atoms with E-state index in [1.54, 1.807) is 0 Å². The van der Waals surface area contributed by atoms with Gasteiger partial charge < -0.3 is 10.4 Å². The lowest BCUT2D eigenvalue weighted by atomic mass is 10.0. The van der Waals surface area contributed by atoms with Crippen LogP contribution < -0.4 is 5.32 Å². The molecule has 4 heteroatoms. The van der Waals surface area contributed by atoms with Gasteiger partial charge in [-0.3, -0.25) is 9.69 Å². The van der Waals surface area contributed by atoms with Gasteiger partial charge in [-0.25, -0.2) is 0 Å². The standard InChI is InChI=1S/C14H26N2O2/c1-11-8-15-9-12(14(17)18)10-16(11)13-6-4-2-3-5-7-13/h11-13,15H,2-10H2,1H3,(H,17,18). The summed E-state index contributed by atoms with van der Waals surface area (Å²) in [4.78, 5) is 13.7. The summed E-state index contributed by atoms with van der Waals surface area (Å²) in [6, 6.07) is 1.06. The van der Waals surface area contributed by atoms with Crippen LogP contribution in [0.5, 0.6) is 0 Å². The van der Waals surface area contributed by atoms with Crippen LogP contribution in [0.25, 0.3) is 0 Å². The largest absolute Gasteiger partial charge is 0.481 e. The van der Waals surface area contributed by atoms with Gasteiger partial charge in [0.25, 0.3) is 0 Å². The predicted molar refractivity (Wildman–Crippen MR) is 71.7 cm³/mol. The maximum atomic E-state index is 11.2. The van der Waals surface area contributed by atoms with Crippen LogP contribution in [0, 0.1) is 5.92 Å². The lowest BCUT2D eigenvalue weighted by Crippen LogP contribution is -2.45. The fraction of sp³-hybridized carbons (Fsp3) is 0.929. The zero-order valence-electron chi connectivity index (χ0n) is 11.4. The zero-order valence-corrected chi connectivity index (χ0v) is 11.4. The summed E-state index contributed by atoms with van der Waals surface area (Å²) in [5.41, 5.74) is 0. The van der Waals surface area contributed by atoms with Gasteiger partial charge in [-0.2, -0.15) is 0 Å². The third kappa shape index (κ3) is 3.45. The van der Waals surface area contributed by atoms with Crippen molar-refractivity contribution < 1.29 is 9.90 Å². The van der Waals surface area contributed by atoms with Crippen LogP contribution >= 0.6 is 0 Å². The predicted octanol–water partition coefficient (Wildman–Crippen LogP) is 1.70. The molecule has 104 valence electrons. The van der Waals surface area contributed by atoms with Crippen molar-refractivity contribution in [2.75, 3.05) is 19.6 Å². The van der Waals surface area contributed by atoms with Gasteiger partial charge >= 0.3 is 5.97 Å².